The van der Waals surface area contributed by atoms with Crippen molar-refractivity contribution in [2.24, 2.45) is 0 Å². The van der Waals surface area contributed by atoms with Gasteiger partial charge in [-0.1, -0.05) is 12.1 Å². The van der Waals surface area contributed by atoms with Crippen molar-refractivity contribution >= 4 is 33.6 Å². The van der Waals surface area contributed by atoms with Crippen molar-refractivity contribution in [2.45, 2.75) is 30.7 Å². The molecule has 2 amide bonds. The monoisotopic (exact) mass is 581 g/mol. The first-order valence-corrected chi connectivity index (χ1v) is 13.1. The number of carbonyl (C=O) groups excluding carboxylic acids is 2. The van der Waals surface area contributed by atoms with Gasteiger partial charge in [0, 0.05) is 24.9 Å². The van der Waals surface area contributed by atoms with Gasteiger partial charge in [0.15, 0.2) is 0 Å². The Labute approximate surface area is 218 Å². The van der Waals surface area contributed by atoms with Crippen molar-refractivity contribution < 1.29 is 48.7 Å². The topological polar surface area (TPSA) is 95.6 Å². The largest absolute Gasteiger partial charge is 0.416 e. The van der Waals surface area contributed by atoms with E-state index < -0.39 is 62.4 Å². The van der Waals surface area contributed by atoms with Gasteiger partial charge in [-0.05, 0) is 54.8 Å². The third kappa shape index (κ3) is 7.79. The number of benzene rings is 2. The van der Waals surface area contributed by atoms with Gasteiger partial charge < -0.3 is 10.6 Å². The van der Waals surface area contributed by atoms with E-state index in [1.165, 1.54) is 18.2 Å². The molecular formula is C24H22F7N3O4S. The van der Waals surface area contributed by atoms with Crippen LogP contribution in [0.1, 0.15) is 29.5 Å². The minimum absolute atomic E-state index is 0.0992. The van der Waals surface area contributed by atoms with E-state index in [-0.39, 0.29) is 32.0 Å². The maximum Gasteiger partial charge on any atom is 0.416 e. The summed E-state index contributed by atoms with van der Waals surface area (Å²) < 4.78 is 117. The molecule has 2 aromatic rings. The second kappa shape index (κ2) is 11.0. The summed E-state index contributed by atoms with van der Waals surface area (Å²) in [5.74, 6) is -2.51. The van der Waals surface area contributed by atoms with E-state index in [4.69, 9.17) is 0 Å². The van der Waals surface area contributed by atoms with Crippen LogP contribution in [0, 0.1) is 5.82 Å². The number of alkyl halides is 6. The Kier molecular flexibility index (Phi) is 8.46. The van der Waals surface area contributed by atoms with Gasteiger partial charge in [-0.3, -0.25) is 9.59 Å². The zero-order chi connectivity index (χ0) is 29.2. The maximum atomic E-state index is 13.3. The van der Waals surface area contributed by atoms with Crippen LogP contribution in [0.15, 0.2) is 48.5 Å². The minimum atomic E-state index is -5.15. The number of nitrogens with one attached hydrogen (secondary N) is 2. The Balaban J connectivity index is 1.92. The number of hydrogen-bond donors (Lipinski definition) is 2. The molecule has 0 aliphatic carbocycles. The first kappa shape index (κ1) is 30.1. The first-order valence-electron chi connectivity index (χ1n) is 11.2. The van der Waals surface area contributed by atoms with Crippen LogP contribution < -0.4 is 10.6 Å². The molecule has 15 heteroatoms. The van der Waals surface area contributed by atoms with Crippen molar-refractivity contribution in [1.82, 2.24) is 9.62 Å². The molecule has 0 saturated carbocycles. The molecule has 7 nitrogen and oxygen atoms in total. The number of hydrogen-bond acceptors (Lipinski definition) is 4. The first-order chi connectivity index (χ1) is 17.9. The molecule has 1 aliphatic rings. The molecule has 39 heavy (non-hydrogen) atoms. The maximum absolute atomic E-state index is 13.3. The molecule has 0 spiro atoms. The van der Waals surface area contributed by atoms with Crippen molar-refractivity contribution in [3.05, 3.63) is 71.0 Å². The Morgan fingerprint density at radius 3 is 1.90 bits per heavy atom. The summed E-state index contributed by atoms with van der Waals surface area (Å²) in [5, 5.41) is 4.45. The predicted molar refractivity (Wildman–Crippen MR) is 127 cm³/mol. The number of sulfonamides is 1. The van der Waals surface area contributed by atoms with E-state index in [1.54, 1.807) is 0 Å². The lowest BCUT2D eigenvalue weighted by atomic mass is 9.86. The highest BCUT2D eigenvalue weighted by atomic mass is 32.2. The van der Waals surface area contributed by atoms with Gasteiger partial charge >= 0.3 is 12.4 Å². The van der Waals surface area contributed by atoms with Crippen LogP contribution >= 0.6 is 0 Å². The summed E-state index contributed by atoms with van der Waals surface area (Å²) in [5.41, 5.74) is -5.58. The van der Waals surface area contributed by atoms with E-state index >= 15 is 0 Å². The molecule has 2 N–H and O–H groups in total. The standard InChI is InChI=1S/C24H22F7N3O4S/c1-39(37,38)34-10-8-22(9-11-34,33-20(35)7-4-15-2-5-18(25)6-3-15)21(36)32-19-13-16(23(26,27)28)12-17(14-19)24(29,30)31/h2-7,12-14H,8-11H2,1H3,(H,32,36)(H,33,35). The quantitative estimate of drug-likeness (QED) is 0.390. The fraction of sp³-hybridized carbons (Fsp3) is 0.333. The third-order valence-electron chi connectivity index (χ3n) is 5.98. The van der Waals surface area contributed by atoms with Crippen molar-refractivity contribution in [3.63, 3.8) is 0 Å². The Hall–Kier alpha value is -3.46. The molecule has 0 aromatic heterocycles. The molecule has 2 aromatic carbocycles. The van der Waals surface area contributed by atoms with Crippen LogP contribution in [-0.4, -0.2) is 49.4 Å². The van der Waals surface area contributed by atoms with Crippen LogP contribution in [0.3, 0.4) is 0 Å². The van der Waals surface area contributed by atoms with Gasteiger partial charge in [-0.15, -0.1) is 0 Å². The zero-order valence-electron chi connectivity index (χ0n) is 20.2. The lowest BCUT2D eigenvalue weighted by Crippen LogP contribution is -2.62. The molecule has 0 unspecified atom stereocenters. The molecule has 1 saturated heterocycles. The molecule has 1 aliphatic heterocycles. The molecule has 0 atom stereocenters. The summed E-state index contributed by atoms with van der Waals surface area (Å²) in [6.45, 7) is -0.519. The van der Waals surface area contributed by atoms with Crippen molar-refractivity contribution in [3.8, 4) is 0 Å². The highest BCUT2D eigenvalue weighted by Crippen LogP contribution is 2.38. The zero-order valence-corrected chi connectivity index (χ0v) is 21.0. The summed E-state index contributed by atoms with van der Waals surface area (Å²) in [6, 6.07) is 5.54. The van der Waals surface area contributed by atoms with Crippen LogP contribution in [0.2, 0.25) is 0 Å². The molecule has 0 bridgehead atoms. The lowest BCUT2D eigenvalue weighted by molar-refractivity contribution is -0.143. The van der Waals surface area contributed by atoms with E-state index in [0.29, 0.717) is 17.7 Å². The normalized spacial score (nSPS) is 16.7. The van der Waals surface area contributed by atoms with Gasteiger partial charge in [0.1, 0.15) is 11.4 Å². The number of anilines is 1. The SMILES string of the molecule is CS(=O)(=O)N1CCC(NC(=O)C=Cc2ccc(F)cc2)(C(=O)Nc2cc(C(F)(F)F)cc(C(F)(F)F)c2)CC1. The average Bonchev–Trinajstić information content (AvgIpc) is 2.82. The van der Waals surface area contributed by atoms with Gasteiger partial charge in [0.05, 0.1) is 17.4 Å². The van der Waals surface area contributed by atoms with Crippen LogP contribution in [0.5, 0.6) is 0 Å². The summed E-state index contributed by atoms with van der Waals surface area (Å²) >= 11 is 0. The third-order valence-corrected chi connectivity index (χ3v) is 7.29. The average molecular weight is 582 g/mol. The second-order valence-electron chi connectivity index (χ2n) is 8.87. The Morgan fingerprint density at radius 2 is 1.44 bits per heavy atom. The molecular weight excluding hydrogens is 559 g/mol. The molecule has 1 heterocycles. The number of carbonyl (C=O) groups is 2. The number of amides is 2. The van der Waals surface area contributed by atoms with E-state index in [9.17, 15) is 48.7 Å². The highest BCUT2D eigenvalue weighted by Gasteiger charge is 2.44. The van der Waals surface area contributed by atoms with Crippen molar-refractivity contribution in [1.29, 1.82) is 0 Å². The smallest absolute Gasteiger partial charge is 0.338 e. The van der Waals surface area contributed by atoms with Gasteiger partial charge in [0.25, 0.3) is 0 Å². The van der Waals surface area contributed by atoms with E-state index in [2.05, 4.69) is 5.32 Å². The van der Waals surface area contributed by atoms with Crippen molar-refractivity contribution in [2.75, 3.05) is 24.7 Å². The van der Waals surface area contributed by atoms with Crippen LogP contribution in [0.25, 0.3) is 6.08 Å². The predicted octanol–water partition coefficient (Wildman–Crippen LogP) is 4.43. The Morgan fingerprint density at radius 1 is 0.923 bits per heavy atom. The number of piperidine rings is 1. The molecule has 3 rings (SSSR count). The summed E-state index contributed by atoms with van der Waals surface area (Å²) in [7, 11) is -3.69. The molecule has 0 radical (unpaired) electrons. The molecule has 1 fully saturated rings. The van der Waals surface area contributed by atoms with E-state index in [1.807, 2.05) is 5.32 Å². The molecule has 212 valence electrons. The second-order valence-corrected chi connectivity index (χ2v) is 10.8. The fourth-order valence-electron chi connectivity index (χ4n) is 3.91. The van der Waals surface area contributed by atoms with Crippen LogP contribution in [-0.2, 0) is 32.0 Å². The summed E-state index contributed by atoms with van der Waals surface area (Å²) in [4.78, 5) is 26.0. The number of nitrogens with zero attached hydrogens (tertiary/aromatic N) is 1. The van der Waals surface area contributed by atoms with Gasteiger partial charge in [-0.25, -0.2) is 17.1 Å². The minimum Gasteiger partial charge on any atom is -0.338 e. The van der Waals surface area contributed by atoms with Gasteiger partial charge in [-0.2, -0.15) is 26.3 Å². The number of rotatable bonds is 6. The van der Waals surface area contributed by atoms with E-state index in [0.717, 1.165) is 28.8 Å². The van der Waals surface area contributed by atoms with Crippen LogP contribution in [0.4, 0.5) is 36.4 Å². The number of halogens is 7. The highest BCUT2D eigenvalue weighted by molar-refractivity contribution is 7.88. The van der Waals surface area contributed by atoms with Gasteiger partial charge in [0.2, 0.25) is 21.8 Å². The lowest BCUT2D eigenvalue weighted by Gasteiger charge is -2.40. The Bertz CT molecular complexity index is 1330. The summed E-state index contributed by atoms with van der Waals surface area (Å²) in [6.07, 6.45) is -7.76. The fourth-order valence-corrected chi connectivity index (χ4v) is 4.76.